The molecule has 7 nitrogen and oxygen atoms in total. The molecule has 7 heteroatoms. The number of benzene rings is 2. The van der Waals surface area contributed by atoms with Crippen LogP contribution < -0.4 is 19.7 Å². The van der Waals surface area contributed by atoms with Gasteiger partial charge < -0.3 is 19.7 Å². The van der Waals surface area contributed by atoms with Gasteiger partial charge in [0.15, 0.2) is 11.6 Å². The SMILES string of the molecule is COc1ccc(Nc2ncc3c(n2)N(c2ccccc2)CCO3)cc1-c1ccnc(C)c1. The van der Waals surface area contributed by atoms with Crippen molar-refractivity contribution in [3.63, 3.8) is 0 Å². The second kappa shape index (κ2) is 8.55. The van der Waals surface area contributed by atoms with Crippen LogP contribution in [0.15, 0.2) is 73.1 Å². The predicted octanol–water partition coefficient (Wildman–Crippen LogP) is 5.13. The number of methoxy groups -OCH3 is 1. The van der Waals surface area contributed by atoms with Crippen LogP contribution in [0.1, 0.15) is 5.69 Å². The molecule has 0 amide bonds. The molecule has 2 aromatic heterocycles. The second-order valence-electron chi connectivity index (χ2n) is 7.44. The van der Waals surface area contributed by atoms with Gasteiger partial charge in [0.2, 0.25) is 5.95 Å². The van der Waals surface area contributed by atoms with E-state index in [-0.39, 0.29) is 0 Å². The van der Waals surface area contributed by atoms with E-state index < -0.39 is 0 Å². The lowest BCUT2D eigenvalue weighted by molar-refractivity contribution is 0.310. The molecule has 0 unspecified atom stereocenters. The lowest BCUT2D eigenvalue weighted by atomic mass is 10.0. The number of aromatic nitrogens is 3. The van der Waals surface area contributed by atoms with Gasteiger partial charge in [-0.1, -0.05) is 18.2 Å². The van der Waals surface area contributed by atoms with Gasteiger partial charge in [-0.25, -0.2) is 4.98 Å². The maximum absolute atomic E-state index is 5.78. The van der Waals surface area contributed by atoms with Crippen LogP contribution >= 0.6 is 0 Å². The molecule has 4 aromatic rings. The van der Waals surface area contributed by atoms with Crippen molar-refractivity contribution in [1.29, 1.82) is 0 Å². The minimum Gasteiger partial charge on any atom is -0.496 e. The van der Waals surface area contributed by atoms with E-state index in [1.807, 2.05) is 55.5 Å². The molecule has 0 fully saturated rings. The van der Waals surface area contributed by atoms with Gasteiger partial charge in [-0.05, 0) is 55.0 Å². The summed E-state index contributed by atoms with van der Waals surface area (Å²) in [6.07, 6.45) is 3.52. The summed E-state index contributed by atoms with van der Waals surface area (Å²) in [7, 11) is 1.67. The Morgan fingerprint density at radius 1 is 1.03 bits per heavy atom. The number of ether oxygens (including phenoxy) is 2. The summed E-state index contributed by atoms with van der Waals surface area (Å²) in [6.45, 7) is 3.28. The monoisotopic (exact) mass is 425 g/mol. The Hall–Kier alpha value is -4.13. The Kier molecular flexibility index (Phi) is 5.29. The van der Waals surface area contributed by atoms with E-state index in [1.54, 1.807) is 19.5 Å². The first kappa shape index (κ1) is 19.8. The summed E-state index contributed by atoms with van der Waals surface area (Å²) in [6, 6.07) is 20.1. The molecule has 0 saturated heterocycles. The van der Waals surface area contributed by atoms with E-state index in [4.69, 9.17) is 14.5 Å². The van der Waals surface area contributed by atoms with Crippen molar-refractivity contribution in [2.45, 2.75) is 6.92 Å². The number of hydrogen-bond acceptors (Lipinski definition) is 7. The number of para-hydroxylation sites is 1. The van der Waals surface area contributed by atoms with E-state index in [9.17, 15) is 0 Å². The van der Waals surface area contributed by atoms with E-state index in [0.717, 1.165) is 46.3 Å². The molecule has 0 saturated carbocycles. The van der Waals surface area contributed by atoms with Crippen LogP contribution in [0.5, 0.6) is 11.5 Å². The minimum atomic E-state index is 0.497. The molecule has 1 aliphatic heterocycles. The minimum absolute atomic E-state index is 0.497. The Labute approximate surface area is 186 Å². The summed E-state index contributed by atoms with van der Waals surface area (Å²) in [5.41, 5.74) is 4.88. The van der Waals surface area contributed by atoms with Crippen molar-refractivity contribution < 1.29 is 9.47 Å². The molecular weight excluding hydrogens is 402 g/mol. The number of nitrogens with zero attached hydrogens (tertiary/aromatic N) is 4. The van der Waals surface area contributed by atoms with E-state index in [2.05, 4.69) is 32.3 Å². The van der Waals surface area contributed by atoms with Crippen LogP contribution in [0, 0.1) is 6.92 Å². The van der Waals surface area contributed by atoms with Gasteiger partial charge >= 0.3 is 0 Å². The lowest BCUT2D eigenvalue weighted by Crippen LogP contribution is -2.29. The van der Waals surface area contributed by atoms with Crippen LogP contribution in [0.4, 0.5) is 23.1 Å². The number of hydrogen-bond donors (Lipinski definition) is 1. The van der Waals surface area contributed by atoms with E-state index in [1.165, 1.54) is 0 Å². The molecule has 0 spiro atoms. The molecule has 0 atom stereocenters. The maximum atomic E-state index is 5.78. The number of rotatable bonds is 5. The molecule has 5 rings (SSSR count). The average molecular weight is 425 g/mol. The Bertz CT molecular complexity index is 1250. The van der Waals surface area contributed by atoms with Gasteiger partial charge in [0.05, 0.1) is 19.9 Å². The fraction of sp³-hybridized carbons (Fsp3) is 0.160. The molecule has 0 radical (unpaired) electrons. The number of pyridine rings is 1. The van der Waals surface area contributed by atoms with Crippen LogP contribution in [0.25, 0.3) is 11.1 Å². The molecule has 160 valence electrons. The number of anilines is 4. The Morgan fingerprint density at radius 2 is 1.91 bits per heavy atom. The summed E-state index contributed by atoms with van der Waals surface area (Å²) < 4.78 is 11.4. The van der Waals surface area contributed by atoms with Gasteiger partial charge in [-0.2, -0.15) is 4.98 Å². The summed E-state index contributed by atoms with van der Waals surface area (Å²) >= 11 is 0. The zero-order valence-corrected chi connectivity index (χ0v) is 17.9. The van der Waals surface area contributed by atoms with E-state index in [0.29, 0.717) is 18.3 Å². The van der Waals surface area contributed by atoms with Crippen molar-refractivity contribution in [2.75, 3.05) is 30.5 Å². The predicted molar refractivity (Wildman–Crippen MR) is 125 cm³/mol. The average Bonchev–Trinajstić information content (AvgIpc) is 2.84. The standard InChI is InChI=1S/C25H23N5O2/c1-17-14-18(10-11-26-17)21-15-19(8-9-22(21)31-2)28-25-27-16-23-24(29-25)30(12-13-32-23)20-6-4-3-5-7-20/h3-11,14-16H,12-13H2,1-2H3,(H,27,28,29). The summed E-state index contributed by atoms with van der Waals surface area (Å²) in [4.78, 5) is 15.7. The summed E-state index contributed by atoms with van der Waals surface area (Å²) in [5, 5.41) is 3.33. The van der Waals surface area contributed by atoms with Gasteiger partial charge in [0, 0.05) is 28.8 Å². The Morgan fingerprint density at radius 3 is 2.72 bits per heavy atom. The number of aryl methyl sites for hydroxylation is 1. The van der Waals surface area contributed by atoms with Crippen LogP contribution in [0.2, 0.25) is 0 Å². The molecule has 1 aliphatic rings. The Balaban J connectivity index is 1.48. The third kappa shape index (κ3) is 3.92. The smallest absolute Gasteiger partial charge is 0.229 e. The van der Waals surface area contributed by atoms with Crippen molar-refractivity contribution in [3.05, 3.63) is 78.8 Å². The highest BCUT2D eigenvalue weighted by atomic mass is 16.5. The first-order valence-electron chi connectivity index (χ1n) is 10.4. The van der Waals surface area contributed by atoms with Crippen LogP contribution in [-0.4, -0.2) is 35.2 Å². The van der Waals surface area contributed by atoms with Crippen molar-refractivity contribution in [2.24, 2.45) is 0 Å². The molecule has 1 N–H and O–H groups in total. The fourth-order valence-corrected chi connectivity index (χ4v) is 3.78. The largest absolute Gasteiger partial charge is 0.496 e. The topological polar surface area (TPSA) is 72.4 Å². The first-order valence-corrected chi connectivity index (χ1v) is 10.4. The van der Waals surface area contributed by atoms with Crippen molar-refractivity contribution in [3.8, 4) is 22.6 Å². The van der Waals surface area contributed by atoms with Gasteiger partial charge in [0.1, 0.15) is 12.4 Å². The quantitative estimate of drug-likeness (QED) is 0.475. The highest BCUT2D eigenvalue weighted by molar-refractivity contribution is 5.76. The van der Waals surface area contributed by atoms with Gasteiger partial charge in [-0.15, -0.1) is 0 Å². The van der Waals surface area contributed by atoms with Crippen LogP contribution in [0.3, 0.4) is 0 Å². The highest BCUT2D eigenvalue weighted by Gasteiger charge is 2.22. The van der Waals surface area contributed by atoms with Gasteiger partial charge in [0.25, 0.3) is 0 Å². The van der Waals surface area contributed by atoms with E-state index >= 15 is 0 Å². The summed E-state index contributed by atoms with van der Waals surface area (Å²) in [5.74, 6) is 2.71. The normalized spacial score (nSPS) is 12.6. The lowest BCUT2D eigenvalue weighted by Gasteiger charge is -2.30. The third-order valence-electron chi connectivity index (χ3n) is 5.30. The molecule has 2 aromatic carbocycles. The van der Waals surface area contributed by atoms with Gasteiger partial charge in [-0.3, -0.25) is 4.98 Å². The molecule has 32 heavy (non-hydrogen) atoms. The number of nitrogens with one attached hydrogen (secondary N) is 1. The zero-order chi connectivity index (χ0) is 21.9. The molecule has 3 heterocycles. The molecule has 0 aliphatic carbocycles. The van der Waals surface area contributed by atoms with Crippen LogP contribution in [-0.2, 0) is 0 Å². The zero-order valence-electron chi connectivity index (χ0n) is 17.9. The molecular formula is C25H23N5O2. The third-order valence-corrected chi connectivity index (χ3v) is 5.30. The fourth-order valence-electron chi connectivity index (χ4n) is 3.78. The highest BCUT2D eigenvalue weighted by Crippen LogP contribution is 2.36. The first-order chi connectivity index (χ1) is 15.7. The van der Waals surface area contributed by atoms with Crippen molar-refractivity contribution in [1.82, 2.24) is 15.0 Å². The van der Waals surface area contributed by atoms with Crippen molar-refractivity contribution >= 4 is 23.1 Å². The molecule has 0 bridgehead atoms. The number of fused-ring (bicyclic) bond motifs is 1. The second-order valence-corrected chi connectivity index (χ2v) is 7.44. The maximum Gasteiger partial charge on any atom is 0.229 e.